The SMILES string of the molecule is N#Cc1cc(C(Cl)C(=O)C(Cl)c2cc(C#N)c(N)c(F)n2)nc(F)c1N. The number of carbonyl (C=O) groups is 1. The Morgan fingerprint density at radius 3 is 1.62 bits per heavy atom. The highest BCUT2D eigenvalue weighted by Crippen LogP contribution is 2.33. The molecule has 0 saturated carbocycles. The summed E-state index contributed by atoms with van der Waals surface area (Å²) in [4.78, 5) is 19.3. The third kappa shape index (κ3) is 3.49. The third-order valence-electron chi connectivity index (χ3n) is 3.32. The smallest absolute Gasteiger partial charge is 0.237 e. The Balaban J connectivity index is 2.40. The van der Waals surface area contributed by atoms with E-state index in [2.05, 4.69) is 9.97 Å². The fraction of sp³-hybridized carbons (Fsp3) is 0.133. The molecule has 0 radical (unpaired) electrons. The summed E-state index contributed by atoms with van der Waals surface area (Å²) >= 11 is 11.9. The van der Waals surface area contributed by atoms with Crippen LogP contribution in [0.25, 0.3) is 0 Å². The monoisotopic (exact) mass is 396 g/mol. The zero-order chi connectivity index (χ0) is 19.6. The van der Waals surface area contributed by atoms with Gasteiger partial charge >= 0.3 is 0 Å². The zero-order valence-corrected chi connectivity index (χ0v) is 14.2. The Labute approximate surface area is 155 Å². The van der Waals surface area contributed by atoms with E-state index in [4.69, 9.17) is 45.2 Å². The van der Waals surface area contributed by atoms with E-state index >= 15 is 0 Å². The van der Waals surface area contributed by atoms with Gasteiger partial charge in [-0.25, -0.2) is 9.97 Å². The Bertz CT molecular complexity index is 908. The van der Waals surface area contributed by atoms with Crippen molar-refractivity contribution in [3.8, 4) is 12.1 Å². The van der Waals surface area contributed by atoms with Gasteiger partial charge in [-0.15, -0.1) is 23.2 Å². The molecular formula is C15H8Cl2F2N6O. The van der Waals surface area contributed by atoms with Crippen LogP contribution >= 0.6 is 23.2 Å². The van der Waals surface area contributed by atoms with Gasteiger partial charge in [-0.1, -0.05) is 0 Å². The molecule has 0 aliphatic carbocycles. The van der Waals surface area contributed by atoms with E-state index < -0.39 is 39.8 Å². The lowest BCUT2D eigenvalue weighted by molar-refractivity contribution is -0.118. The molecular weight excluding hydrogens is 389 g/mol. The zero-order valence-electron chi connectivity index (χ0n) is 12.7. The van der Waals surface area contributed by atoms with E-state index in [0.717, 1.165) is 12.1 Å². The molecule has 2 atom stereocenters. The summed E-state index contributed by atoms with van der Waals surface area (Å²) < 4.78 is 27.3. The maximum Gasteiger partial charge on any atom is 0.237 e. The van der Waals surface area contributed by atoms with Crippen LogP contribution in [0.4, 0.5) is 20.2 Å². The van der Waals surface area contributed by atoms with Crippen LogP contribution in [0.5, 0.6) is 0 Å². The van der Waals surface area contributed by atoms with Gasteiger partial charge in [0.2, 0.25) is 11.9 Å². The predicted molar refractivity (Wildman–Crippen MR) is 88.8 cm³/mol. The highest BCUT2D eigenvalue weighted by atomic mass is 35.5. The van der Waals surface area contributed by atoms with Crippen LogP contribution in [-0.4, -0.2) is 15.8 Å². The molecule has 0 bridgehead atoms. The number of Topliss-reactive ketones (excluding diaryl/α,β-unsaturated/α-hetero) is 1. The van der Waals surface area contributed by atoms with Crippen LogP contribution in [0.2, 0.25) is 0 Å². The summed E-state index contributed by atoms with van der Waals surface area (Å²) in [5, 5.41) is 14.7. The number of hydrogen-bond donors (Lipinski definition) is 2. The number of alkyl halides is 2. The number of halogens is 4. The topological polar surface area (TPSA) is 142 Å². The van der Waals surface area contributed by atoms with Crippen LogP contribution in [-0.2, 0) is 4.79 Å². The summed E-state index contributed by atoms with van der Waals surface area (Å²) in [6.07, 6.45) is 0. The van der Waals surface area contributed by atoms with E-state index in [9.17, 15) is 13.6 Å². The van der Waals surface area contributed by atoms with Crippen molar-refractivity contribution in [1.29, 1.82) is 10.5 Å². The van der Waals surface area contributed by atoms with Crippen molar-refractivity contribution < 1.29 is 13.6 Å². The molecule has 0 spiro atoms. The van der Waals surface area contributed by atoms with E-state index in [1.54, 1.807) is 12.1 Å². The number of nitrogens with two attached hydrogens (primary N) is 2. The van der Waals surface area contributed by atoms with Gasteiger partial charge in [-0.05, 0) is 12.1 Å². The van der Waals surface area contributed by atoms with Crippen LogP contribution in [0.1, 0.15) is 33.3 Å². The summed E-state index contributed by atoms with van der Waals surface area (Å²) in [7, 11) is 0. The van der Waals surface area contributed by atoms with Gasteiger partial charge in [0.25, 0.3) is 0 Å². The number of pyridine rings is 2. The van der Waals surface area contributed by atoms with E-state index in [1.165, 1.54) is 0 Å². The van der Waals surface area contributed by atoms with Gasteiger partial charge < -0.3 is 11.5 Å². The third-order valence-corrected chi connectivity index (χ3v) is 4.20. The molecule has 0 aliphatic heterocycles. The quantitative estimate of drug-likeness (QED) is 0.596. The average Bonchev–Trinajstić information content (AvgIpc) is 2.63. The van der Waals surface area contributed by atoms with Crippen LogP contribution in [0, 0.1) is 34.6 Å². The molecule has 11 heteroatoms. The highest BCUT2D eigenvalue weighted by molar-refractivity contribution is 6.39. The lowest BCUT2D eigenvalue weighted by Crippen LogP contribution is -2.17. The molecule has 0 fully saturated rings. The molecule has 0 saturated heterocycles. The molecule has 132 valence electrons. The number of rotatable bonds is 4. The van der Waals surface area contributed by atoms with Crippen molar-refractivity contribution in [3.05, 3.63) is 46.5 Å². The second-order valence-corrected chi connectivity index (χ2v) is 5.82. The highest BCUT2D eigenvalue weighted by Gasteiger charge is 2.30. The first-order chi connectivity index (χ1) is 12.2. The number of aromatic nitrogens is 2. The van der Waals surface area contributed by atoms with Gasteiger partial charge in [0.1, 0.15) is 34.3 Å². The predicted octanol–water partition coefficient (Wildman–Crippen LogP) is 2.49. The molecule has 4 N–H and O–H groups in total. The molecule has 0 aromatic carbocycles. The Morgan fingerprint density at radius 1 is 0.962 bits per heavy atom. The fourth-order valence-corrected chi connectivity index (χ4v) is 2.49. The molecule has 2 heterocycles. The van der Waals surface area contributed by atoms with Gasteiger partial charge in [-0.2, -0.15) is 19.3 Å². The molecule has 0 amide bonds. The van der Waals surface area contributed by atoms with Crippen molar-refractivity contribution in [2.45, 2.75) is 10.8 Å². The molecule has 7 nitrogen and oxygen atoms in total. The minimum atomic E-state index is -1.58. The molecule has 0 aliphatic rings. The standard InChI is InChI=1S/C15H8Cl2F2N6O/c16-9(7-1-5(3-20)11(22)14(18)24-7)13(26)10(17)8-2-6(4-21)12(23)15(19)25-8/h1-2,9-10H,22-23H2. The summed E-state index contributed by atoms with van der Waals surface area (Å²) in [6, 6.07) is 5.35. The van der Waals surface area contributed by atoms with Crippen molar-refractivity contribution in [2.75, 3.05) is 11.5 Å². The Morgan fingerprint density at radius 2 is 1.31 bits per heavy atom. The second kappa shape index (κ2) is 7.48. The first-order valence-electron chi connectivity index (χ1n) is 6.75. The van der Waals surface area contributed by atoms with Gasteiger partial charge in [0.05, 0.1) is 22.5 Å². The molecule has 26 heavy (non-hydrogen) atoms. The minimum absolute atomic E-state index is 0.263. The van der Waals surface area contributed by atoms with E-state index in [0.29, 0.717) is 0 Å². The van der Waals surface area contributed by atoms with Crippen molar-refractivity contribution in [3.63, 3.8) is 0 Å². The number of carbonyl (C=O) groups excluding carboxylic acids is 1. The van der Waals surface area contributed by atoms with Gasteiger partial charge in [-0.3, -0.25) is 4.79 Å². The number of hydrogen-bond acceptors (Lipinski definition) is 7. The average molecular weight is 397 g/mol. The minimum Gasteiger partial charge on any atom is -0.394 e. The van der Waals surface area contributed by atoms with Crippen LogP contribution < -0.4 is 11.5 Å². The summed E-state index contributed by atoms with van der Waals surface area (Å²) in [6.45, 7) is 0. The van der Waals surface area contributed by atoms with Crippen LogP contribution in [0.15, 0.2) is 12.1 Å². The summed E-state index contributed by atoms with van der Waals surface area (Å²) in [5.74, 6) is -3.27. The lowest BCUT2D eigenvalue weighted by Gasteiger charge is -2.14. The number of nitrogens with zero attached hydrogens (tertiary/aromatic N) is 4. The fourth-order valence-electron chi connectivity index (χ4n) is 1.95. The molecule has 2 rings (SSSR count). The van der Waals surface area contributed by atoms with Gasteiger partial charge in [0.15, 0.2) is 5.78 Å². The van der Waals surface area contributed by atoms with Crippen LogP contribution in [0.3, 0.4) is 0 Å². The van der Waals surface area contributed by atoms with Gasteiger partial charge in [0, 0.05) is 0 Å². The number of anilines is 2. The number of ketones is 1. The van der Waals surface area contributed by atoms with Crippen molar-refractivity contribution in [1.82, 2.24) is 9.97 Å². The maximum atomic E-state index is 13.7. The van der Waals surface area contributed by atoms with E-state index in [1.807, 2.05) is 0 Å². The normalized spacial score (nSPS) is 12.7. The maximum absolute atomic E-state index is 13.7. The Kier molecular flexibility index (Phi) is 5.56. The largest absolute Gasteiger partial charge is 0.394 e. The summed E-state index contributed by atoms with van der Waals surface area (Å²) in [5.41, 5.74) is 8.57. The second-order valence-electron chi connectivity index (χ2n) is 4.95. The lowest BCUT2D eigenvalue weighted by atomic mass is 10.1. The van der Waals surface area contributed by atoms with E-state index in [-0.39, 0.29) is 22.5 Å². The number of nitrogen functional groups attached to an aromatic ring is 2. The molecule has 2 aromatic heterocycles. The molecule has 2 unspecified atom stereocenters. The number of nitriles is 2. The Hall–Kier alpha value is -3.01. The molecule has 2 aromatic rings. The first-order valence-corrected chi connectivity index (χ1v) is 7.62. The van der Waals surface area contributed by atoms with Crippen molar-refractivity contribution >= 4 is 40.4 Å². The van der Waals surface area contributed by atoms with Crippen molar-refractivity contribution in [2.24, 2.45) is 0 Å². The first kappa shape index (κ1) is 19.3.